The molecule has 1 heterocycles. The van der Waals surface area contributed by atoms with Crippen LogP contribution in [0.15, 0.2) is 42.5 Å². The molecule has 7 heteroatoms. The van der Waals surface area contributed by atoms with Gasteiger partial charge in [0.25, 0.3) is 11.6 Å². The van der Waals surface area contributed by atoms with Gasteiger partial charge in [-0.2, -0.15) is 0 Å². The fourth-order valence-corrected chi connectivity index (χ4v) is 3.25. The monoisotopic (exact) mass is 371 g/mol. The van der Waals surface area contributed by atoms with Crippen LogP contribution in [0.5, 0.6) is 0 Å². The number of hydrogen-bond donors (Lipinski definition) is 1. The normalized spacial score (nSPS) is 14.8. The van der Waals surface area contributed by atoms with Crippen LogP contribution in [-0.4, -0.2) is 23.9 Å². The zero-order valence-corrected chi connectivity index (χ0v) is 15.2. The third kappa shape index (κ3) is 4.42. The van der Waals surface area contributed by atoms with Gasteiger partial charge in [-0.3, -0.25) is 14.9 Å². The molecule has 2 aromatic rings. The number of rotatable bonds is 5. The van der Waals surface area contributed by atoms with Crippen molar-refractivity contribution in [3.05, 3.63) is 69.5 Å². The van der Waals surface area contributed by atoms with Gasteiger partial charge in [-0.05, 0) is 37.0 Å². The Morgan fingerprint density at radius 3 is 2.63 bits per heavy atom. The Morgan fingerprint density at radius 1 is 1.26 bits per heavy atom. The van der Waals surface area contributed by atoms with E-state index < -0.39 is 16.6 Å². The van der Waals surface area contributed by atoms with Crippen molar-refractivity contribution < 1.29 is 14.1 Å². The lowest BCUT2D eigenvalue weighted by molar-refractivity contribution is -0.384. The molecule has 27 heavy (non-hydrogen) atoms. The van der Waals surface area contributed by atoms with E-state index in [-0.39, 0.29) is 17.8 Å². The second-order valence-electron chi connectivity index (χ2n) is 6.90. The highest BCUT2D eigenvalue weighted by Gasteiger charge is 2.24. The summed E-state index contributed by atoms with van der Waals surface area (Å²) in [4.78, 5) is 25.4. The molecule has 0 unspecified atom stereocenters. The molecule has 0 bridgehead atoms. The molecule has 1 aliphatic heterocycles. The number of piperidine rings is 1. The minimum absolute atomic E-state index is 0.0189. The first kappa shape index (κ1) is 18.8. The summed E-state index contributed by atoms with van der Waals surface area (Å²) in [5.74, 6) is -0.262. The number of halogens is 1. The third-order valence-electron chi connectivity index (χ3n) is 4.96. The minimum atomic E-state index is -0.472. The van der Waals surface area contributed by atoms with Crippen molar-refractivity contribution in [1.29, 1.82) is 0 Å². The highest BCUT2D eigenvalue weighted by atomic mass is 19.1. The van der Waals surface area contributed by atoms with Crippen LogP contribution in [0.25, 0.3) is 0 Å². The van der Waals surface area contributed by atoms with E-state index in [9.17, 15) is 19.3 Å². The molecule has 0 aromatic heterocycles. The number of nitro benzene ring substituents is 1. The van der Waals surface area contributed by atoms with Crippen molar-refractivity contribution in [1.82, 2.24) is 5.32 Å². The summed E-state index contributed by atoms with van der Waals surface area (Å²) < 4.78 is 13.7. The predicted molar refractivity (Wildman–Crippen MR) is 101 cm³/mol. The van der Waals surface area contributed by atoms with Gasteiger partial charge in [0.2, 0.25) is 0 Å². The van der Waals surface area contributed by atoms with Crippen LogP contribution < -0.4 is 10.2 Å². The highest BCUT2D eigenvalue weighted by molar-refractivity contribution is 5.95. The van der Waals surface area contributed by atoms with Crippen LogP contribution >= 0.6 is 0 Å². The molecule has 0 spiro atoms. The largest absolute Gasteiger partial charge is 0.366 e. The first-order valence-corrected chi connectivity index (χ1v) is 9.00. The lowest BCUT2D eigenvalue weighted by Gasteiger charge is -2.31. The molecule has 0 saturated carbocycles. The molecule has 1 N–H and O–H groups in total. The van der Waals surface area contributed by atoms with Gasteiger partial charge in [-0.1, -0.05) is 25.1 Å². The molecule has 0 atom stereocenters. The average Bonchev–Trinajstić information content (AvgIpc) is 2.67. The SMILES string of the molecule is CC1CCN(c2ccc(C(=O)NCc3ccccc3F)cc2[N+](=O)[O-])CC1. The summed E-state index contributed by atoms with van der Waals surface area (Å²) in [6, 6.07) is 10.7. The topological polar surface area (TPSA) is 75.5 Å². The van der Waals surface area contributed by atoms with Gasteiger partial charge in [-0.15, -0.1) is 0 Å². The molecule has 0 aliphatic carbocycles. The molecule has 142 valence electrons. The molecule has 3 rings (SSSR count). The van der Waals surface area contributed by atoms with E-state index in [0.717, 1.165) is 25.9 Å². The smallest absolute Gasteiger partial charge is 0.293 e. The maximum Gasteiger partial charge on any atom is 0.293 e. The molecule has 6 nitrogen and oxygen atoms in total. The number of hydrogen-bond acceptors (Lipinski definition) is 4. The van der Waals surface area contributed by atoms with Crippen LogP contribution in [0, 0.1) is 21.8 Å². The third-order valence-corrected chi connectivity index (χ3v) is 4.96. The quantitative estimate of drug-likeness (QED) is 0.639. The van der Waals surface area contributed by atoms with Gasteiger partial charge in [0.1, 0.15) is 11.5 Å². The lowest BCUT2D eigenvalue weighted by Crippen LogP contribution is -2.33. The van der Waals surface area contributed by atoms with Crippen molar-refractivity contribution in [2.75, 3.05) is 18.0 Å². The van der Waals surface area contributed by atoms with Gasteiger partial charge in [0.15, 0.2) is 0 Å². The van der Waals surface area contributed by atoms with Crippen LogP contribution in [0.2, 0.25) is 0 Å². The maximum absolute atomic E-state index is 13.7. The van der Waals surface area contributed by atoms with E-state index in [1.807, 2.05) is 4.90 Å². The van der Waals surface area contributed by atoms with Crippen molar-refractivity contribution in [3.8, 4) is 0 Å². The Bertz CT molecular complexity index is 848. The fraction of sp³-hybridized carbons (Fsp3) is 0.350. The molecule has 1 amide bonds. The first-order chi connectivity index (χ1) is 13.0. The van der Waals surface area contributed by atoms with E-state index in [0.29, 0.717) is 17.2 Å². The second kappa shape index (κ2) is 8.16. The van der Waals surface area contributed by atoms with E-state index in [4.69, 9.17) is 0 Å². The molecule has 1 aliphatic rings. The van der Waals surface area contributed by atoms with Crippen LogP contribution in [-0.2, 0) is 6.54 Å². The summed E-state index contributed by atoms with van der Waals surface area (Å²) >= 11 is 0. The van der Waals surface area contributed by atoms with E-state index in [1.54, 1.807) is 30.3 Å². The number of anilines is 1. The van der Waals surface area contributed by atoms with E-state index in [1.165, 1.54) is 12.1 Å². The van der Waals surface area contributed by atoms with Gasteiger partial charge < -0.3 is 10.2 Å². The van der Waals surface area contributed by atoms with Crippen LogP contribution in [0.3, 0.4) is 0 Å². The van der Waals surface area contributed by atoms with Gasteiger partial charge in [0, 0.05) is 36.8 Å². The fourth-order valence-electron chi connectivity index (χ4n) is 3.25. The predicted octanol–water partition coefficient (Wildman–Crippen LogP) is 3.90. The molecular weight excluding hydrogens is 349 g/mol. The van der Waals surface area contributed by atoms with Crippen molar-refractivity contribution in [3.63, 3.8) is 0 Å². The van der Waals surface area contributed by atoms with Crippen molar-refractivity contribution in [2.45, 2.75) is 26.3 Å². The molecule has 1 fully saturated rings. The Hall–Kier alpha value is -2.96. The summed E-state index contributed by atoms with van der Waals surface area (Å²) in [6.45, 7) is 3.72. The average molecular weight is 371 g/mol. The number of nitrogens with one attached hydrogen (secondary N) is 1. The van der Waals surface area contributed by atoms with Crippen molar-refractivity contribution >= 4 is 17.3 Å². The van der Waals surface area contributed by atoms with E-state index in [2.05, 4.69) is 12.2 Å². The number of carbonyl (C=O) groups excluding carboxylic acids is 1. The maximum atomic E-state index is 13.7. The summed E-state index contributed by atoms with van der Waals surface area (Å²) in [7, 11) is 0. The number of nitro groups is 1. The number of benzene rings is 2. The van der Waals surface area contributed by atoms with Gasteiger partial charge in [0.05, 0.1) is 4.92 Å². The zero-order chi connectivity index (χ0) is 19.4. The number of carbonyl (C=O) groups is 1. The Balaban J connectivity index is 1.76. The lowest BCUT2D eigenvalue weighted by atomic mass is 9.98. The van der Waals surface area contributed by atoms with Crippen molar-refractivity contribution in [2.24, 2.45) is 5.92 Å². The standard InChI is InChI=1S/C20H22FN3O3/c1-14-8-10-23(11-9-14)18-7-6-15(12-19(18)24(26)27)20(25)22-13-16-4-2-3-5-17(16)21/h2-7,12,14H,8-11,13H2,1H3,(H,22,25). The molecule has 0 radical (unpaired) electrons. The minimum Gasteiger partial charge on any atom is -0.366 e. The number of nitrogens with zero attached hydrogens (tertiary/aromatic N) is 2. The molecule has 2 aromatic carbocycles. The Kier molecular flexibility index (Phi) is 5.69. The van der Waals surface area contributed by atoms with E-state index >= 15 is 0 Å². The zero-order valence-electron chi connectivity index (χ0n) is 15.2. The Labute approximate surface area is 157 Å². The first-order valence-electron chi connectivity index (χ1n) is 9.00. The van der Waals surface area contributed by atoms with Gasteiger partial charge in [-0.25, -0.2) is 4.39 Å². The van der Waals surface area contributed by atoms with Crippen LogP contribution in [0.4, 0.5) is 15.8 Å². The number of amides is 1. The summed E-state index contributed by atoms with van der Waals surface area (Å²) in [6.07, 6.45) is 1.98. The van der Waals surface area contributed by atoms with Gasteiger partial charge >= 0.3 is 0 Å². The summed E-state index contributed by atoms with van der Waals surface area (Å²) in [5, 5.41) is 14.1. The van der Waals surface area contributed by atoms with Crippen LogP contribution in [0.1, 0.15) is 35.7 Å². The second-order valence-corrected chi connectivity index (χ2v) is 6.90. The molecular formula is C20H22FN3O3. The Morgan fingerprint density at radius 2 is 1.96 bits per heavy atom. The highest BCUT2D eigenvalue weighted by Crippen LogP contribution is 2.32. The summed E-state index contributed by atoms with van der Waals surface area (Å²) in [5.41, 5.74) is 1.01. The molecule has 1 saturated heterocycles.